The Morgan fingerprint density at radius 2 is 2.12 bits per heavy atom. The molecule has 1 aliphatic heterocycles. The SMILES string of the molecule is CCCC1CN(CC(F)(F)C(F)F)CCCN1. The summed E-state index contributed by atoms with van der Waals surface area (Å²) in [6.07, 6.45) is -1.02. The highest BCUT2D eigenvalue weighted by molar-refractivity contribution is 4.81. The van der Waals surface area contributed by atoms with Gasteiger partial charge in [0.2, 0.25) is 0 Å². The molecule has 6 heteroatoms. The normalized spacial score (nSPS) is 24.0. The second-order valence-electron chi connectivity index (χ2n) is 4.59. The third-order valence-electron chi connectivity index (χ3n) is 2.95. The van der Waals surface area contributed by atoms with Crippen LogP contribution < -0.4 is 5.32 Å². The van der Waals surface area contributed by atoms with Crippen molar-refractivity contribution >= 4 is 0 Å². The van der Waals surface area contributed by atoms with Gasteiger partial charge in [-0.1, -0.05) is 13.3 Å². The van der Waals surface area contributed by atoms with Crippen LogP contribution in [0, 0.1) is 0 Å². The van der Waals surface area contributed by atoms with Gasteiger partial charge in [0, 0.05) is 12.6 Å². The minimum atomic E-state index is -3.90. The molecule has 1 aliphatic rings. The molecule has 1 rings (SSSR count). The van der Waals surface area contributed by atoms with Gasteiger partial charge in [-0.3, -0.25) is 4.90 Å². The van der Waals surface area contributed by atoms with Gasteiger partial charge in [0.05, 0.1) is 6.54 Å². The van der Waals surface area contributed by atoms with Gasteiger partial charge < -0.3 is 5.32 Å². The molecule has 0 amide bonds. The van der Waals surface area contributed by atoms with Crippen LogP contribution in [-0.4, -0.2) is 49.5 Å². The Bertz CT molecular complexity index is 224. The lowest BCUT2D eigenvalue weighted by Gasteiger charge is -2.27. The first-order valence-electron chi connectivity index (χ1n) is 6.07. The van der Waals surface area contributed by atoms with Crippen LogP contribution in [0.4, 0.5) is 17.6 Å². The first-order valence-corrected chi connectivity index (χ1v) is 6.07. The predicted molar refractivity (Wildman–Crippen MR) is 58.7 cm³/mol. The Morgan fingerprint density at radius 1 is 1.41 bits per heavy atom. The maximum absolute atomic E-state index is 13.0. The second-order valence-corrected chi connectivity index (χ2v) is 4.59. The number of nitrogens with zero attached hydrogens (tertiary/aromatic N) is 1. The van der Waals surface area contributed by atoms with Crippen molar-refractivity contribution in [3.8, 4) is 0 Å². The molecule has 1 N–H and O–H groups in total. The third-order valence-corrected chi connectivity index (χ3v) is 2.95. The van der Waals surface area contributed by atoms with Crippen LogP contribution in [0.2, 0.25) is 0 Å². The van der Waals surface area contributed by atoms with Gasteiger partial charge in [-0.05, 0) is 25.9 Å². The third kappa shape index (κ3) is 4.79. The highest BCUT2D eigenvalue weighted by Crippen LogP contribution is 2.24. The van der Waals surface area contributed by atoms with Crippen molar-refractivity contribution < 1.29 is 17.6 Å². The van der Waals surface area contributed by atoms with Gasteiger partial charge >= 0.3 is 12.3 Å². The molecule has 1 atom stereocenters. The number of alkyl halides is 4. The van der Waals surface area contributed by atoms with E-state index in [0.29, 0.717) is 13.1 Å². The summed E-state index contributed by atoms with van der Waals surface area (Å²) in [5.74, 6) is -3.90. The molecular formula is C11H20F4N2. The van der Waals surface area contributed by atoms with Crippen LogP contribution in [0.25, 0.3) is 0 Å². The summed E-state index contributed by atoms with van der Waals surface area (Å²) in [5, 5.41) is 3.25. The molecule has 102 valence electrons. The number of rotatable bonds is 5. The molecule has 1 unspecified atom stereocenters. The standard InChI is InChI=1S/C11H20F4N2/c1-2-4-9-7-17(6-3-5-16-9)8-11(14,15)10(12)13/h9-10,16H,2-8H2,1H3. The number of hydrogen-bond donors (Lipinski definition) is 1. The summed E-state index contributed by atoms with van der Waals surface area (Å²) >= 11 is 0. The molecular weight excluding hydrogens is 236 g/mol. The number of hydrogen-bond acceptors (Lipinski definition) is 2. The molecule has 0 radical (unpaired) electrons. The van der Waals surface area contributed by atoms with Crippen LogP contribution in [-0.2, 0) is 0 Å². The highest BCUT2D eigenvalue weighted by atomic mass is 19.3. The summed E-state index contributed by atoms with van der Waals surface area (Å²) in [7, 11) is 0. The highest BCUT2D eigenvalue weighted by Gasteiger charge is 2.42. The van der Waals surface area contributed by atoms with Gasteiger partial charge in [-0.25, -0.2) is 8.78 Å². The van der Waals surface area contributed by atoms with E-state index in [0.717, 1.165) is 25.8 Å². The number of nitrogens with one attached hydrogen (secondary N) is 1. The Balaban J connectivity index is 2.51. The maximum atomic E-state index is 13.0. The molecule has 17 heavy (non-hydrogen) atoms. The summed E-state index contributed by atoms with van der Waals surface area (Å²) in [5.41, 5.74) is 0. The van der Waals surface area contributed by atoms with Gasteiger partial charge in [0.25, 0.3) is 0 Å². The van der Waals surface area contributed by atoms with E-state index in [4.69, 9.17) is 0 Å². The zero-order valence-electron chi connectivity index (χ0n) is 10.1. The average molecular weight is 256 g/mol. The Hall–Kier alpha value is -0.360. The van der Waals surface area contributed by atoms with Crippen LogP contribution in [0.3, 0.4) is 0 Å². The average Bonchev–Trinajstić information content (AvgIpc) is 2.43. The second kappa shape index (κ2) is 6.54. The molecule has 0 aromatic rings. The van der Waals surface area contributed by atoms with Crippen molar-refractivity contribution in [3.05, 3.63) is 0 Å². The zero-order valence-corrected chi connectivity index (χ0v) is 10.1. The van der Waals surface area contributed by atoms with Crippen molar-refractivity contribution in [2.45, 2.75) is 44.6 Å². The van der Waals surface area contributed by atoms with Crippen molar-refractivity contribution in [3.63, 3.8) is 0 Å². The molecule has 1 saturated heterocycles. The van der Waals surface area contributed by atoms with E-state index in [1.807, 2.05) is 6.92 Å². The van der Waals surface area contributed by atoms with Crippen molar-refractivity contribution in [2.75, 3.05) is 26.2 Å². The van der Waals surface area contributed by atoms with E-state index in [2.05, 4.69) is 5.32 Å². The Morgan fingerprint density at radius 3 is 2.71 bits per heavy atom. The fourth-order valence-corrected chi connectivity index (χ4v) is 2.13. The van der Waals surface area contributed by atoms with Crippen LogP contribution in [0.1, 0.15) is 26.2 Å². The molecule has 0 spiro atoms. The van der Waals surface area contributed by atoms with Gasteiger partial charge in [0.15, 0.2) is 0 Å². The van der Waals surface area contributed by atoms with Crippen LogP contribution in [0.5, 0.6) is 0 Å². The summed E-state index contributed by atoms with van der Waals surface area (Å²) in [6.45, 7) is 2.82. The number of halogens is 4. The van der Waals surface area contributed by atoms with E-state index in [1.54, 1.807) is 0 Å². The fraction of sp³-hybridized carbons (Fsp3) is 1.00. The van der Waals surface area contributed by atoms with E-state index in [1.165, 1.54) is 4.90 Å². The fourth-order valence-electron chi connectivity index (χ4n) is 2.13. The van der Waals surface area contributed by atoms with Crippen molar-refractivity contribution in [2.24, 2.45) is 0 Å². The summed E-state index contributed by atoms with van der Waals surface area (Å²) in [4.78, 5) is 1.45. The van der Waals surface area contributed by atoms with E-state index in [9.17, 15) is 17.6 Å². The molecule has 0 aromatic carbocycles. The maximum Gasteiger partial charge on any atom is 0.319 e. The minimum Gasteiger partial charge on any atom is -0.313 e. The minimum absolute atomic E-state index is 0.135. The van der Waals surface area contributed by atoms with Gasteiger partial charge in [-0.15, -0.1) is 0 Å². The van der Waals surface area contributed by atoms with Gasteiger partial charge in [-0.2, -0.15) is 8.78 Å². The van der Waals surface area contributed by atoms with Crippen LogP contribution >= 0.6 is 0 Å². The zero-order chi connectivity index (χ0) is 12.9. The van der Waals surface area contributed by atoms with E-state index < -0.39 is 18.9 Å². The molecule has 0 aromatic heterocycles. The molecule has 0 saturated carbocycles. The molecule has 0 aliphatic carbocycles. The summed E-state index contributed by atoms with van der Waals surface area (Å²) < 4.78 is 50.2. The summed E-state index contributed by atoms with van der Waals surface area (Å²) in [6, 6.07) is 0.135. The lowest BCUT2D eigenvalue weighted by Crippen LogP contribution is -2.45. The first-order chi connectivity index (χ1) is 7.95. The molecule has 1 fully saturated rings. The van der Waals surface area contributed by atoms with Crippen molar-refractivity contribution in [1.82, 2.24) is 10.2 Å². The van der Waals surface area contributed by atoms with E-state index >= 15 is 0 Å². The lowest BCUT2D eigenvalue weighted by molar-refractivity contribution is -0.142. The smallest absolute Gasteiger partial charge is 0.313 e. The topological polar surface area (TPSA) is 15.3 Å². The predicted octanol–water partition coefficient (Wildman–Crippen LogP) is 2.35. The quantitative estimate of drug-likeness (QED) is 0.760. The molecule has 1 heterocycles. The Labute approximate surface area is 99.4 Å². The molecule has 2 nitrogen and oxygen atoms in total. The van der Waals surface area contributed by atoms with E-state index in [-0.39, 0.29) is 6.04 Å². The molecule has 0 bridgehead atoms. The lowest BCUT2D eigenvalue weighted by atomic mass is 10.1. The van der Waals surface area contributed by atoms with Crippen molar-refractivity contribution in [1.29, 1.82) is 0 Å². The van der Waals surface area contributed by atoms with Gasteiger partial charge in [0.1, 0.15) is 0 Å². The Kier molecular flexibility index (Phi) is 5.66. The largest absolute Gasteiger partial charge is 0.319 e. The first kappa shape index (κ1) is 14.7. The monoisotopic (exact) mass is 256 g/mol. The van der Waals surface area contributed by atoms with Crippen LogP contribution in [0.15, 0.2) is 0 Å².